The minimum Gasteiger partial charge on any atom is -0.481 e. The predicted octanol–water partition coefficient (Wildman–Crippen LogP) is -7.32. The van der Waals surface area contributed by atoms with Crippen molar-refractivity contribution >= 4 is 135 Å². The molecule has 4 aliphatic rings. The average molecular weight is 1970 g/mol. The van der Waals surface area contributed by atoms with Crippen LogP contribution >= 0.6 is 0 Å². The van der Waals surface area contributed by atoms with E-state index in [1.807, 2.05) is 13.8 Å². The molecule has 4 aliphatic heterocycles. The normalized spacial score (nSPS) is 18.4. The Morgan fingerprint density at radius 2 is 0.893 bits per heavy atom. The monoisotopic (exact) mass is 1970 g/mol. The van der Waals surface area contributed by atoms with Gasteiger partial charge in [0.25, 0.3) is 0 Å². The molecule has 7 rings (SSSR count). The summed E-state index contributed by atoms with van der Waals surface area (Å²) in [5.74, 6) is -20.0. The van der Waals surface area contributed by atoms with Gasteiger partial charge in [0, 0.05) is 62.5 Å². The van der Waals surface area contributed by atoms with E-state index in [0.29, 0.717) is 60.6 Å². The van der Waals surface area contributed by atoms with Gasteiger partial charge >= 0.3 is 5.97 Å². The number of hydrogen-bond acceptors (Lipinski definition) is 26. The molecule has 2 aromatic carbocycles. The summed E-state index contributed by atoms with van der Waals surface area (Å²) in [5.41, 5.74) is 18.5. The summed E-state index contributed by atoms with van der Waals surface area (Å²) in [6.07, 6.45) is 2.50. The number of amides is 20. The maximum absolute atomic E-state index is 15.1. The van der Waals surface area contributed by atoms with Crippen molar-refractivity contribution in [2.24, 2.45) is 35.0 Å². The molecular formula is C92H139N23O25. The maximum Gasteiger partial charge on any atom is 0.303 e. The Bertz CT molecular complexity index is 4870. The molecule has 0 saturated carbocycles. The molecule has 5 heterocycles. The van der Waals surface area contributed by atoms with Crippen LogP contribution in [0.2, 0.25) is 0 Å². The molecule has 20 amide bonds. The van der Waals surface area contributed by atoms with Crippen molar-refractivity contribution in [3.05, 3.63) is 71.9 Å². The predicted molar refractivity (Wildman–Crippen MR) is 502 cm³/mol. The fraction of sp³-hybridized carbons (Fsp3) is 0.620. The van der Waals surface area contributed by atoms with Gasteiger partial charge in [-0.3, -0.25) is 101 Å². The summed E-state index contributed by atoms with van der Waals surface area (Å²) >= 11 is 0. The van der Waals surface area contributed by atoms with Crippen LogP contribution in [0.4, 0.5) is 0 Å². The Balaban J connectivity index is 0.927. The van der Waals surface area contributed by atoms with Gasteiger partial charge in [-0.1, -0.05) is 96.5 Å². The van der Waals surface area contributed by atoms with Crippen LogP contribution in [0.1, 0.15) is 169 Å². The number of hydrogen-bond donors (Lipinski definition) is 23. The fourth-order valence-electron chi connectivity index (χ4n) is 17.1. The van der Waals surface area contributed by atoms with E-state index in [0.717, 1.165) is 4.90 Å². The smallest absolute Gasteiger partial charge is 0.303 e. The quantitative estimate of drug-likeness (QED) is 0.0234. The van der Waals surface area contributed by atoms with Crippen LogP contribution in [0.15, 0.2) is 60.8 Å². The molecule has 17 atom stereocenters. The Kier molecular flexibility index (Phi) is 45.5. The lowest BCUT2D eigenvalue weighted by molar-refractivity contribution is -0.151. The Morgan fingerprint density at radius 1 is 0.443 bits per heavy atom. The zero-order valence-electron chi connectivity index (χ0n) is 80.3. The zero-order valence-corrected chi connectivity index (χ0v) is 80.3. The number of nitrogens with two attached hydrogens (primary N) is 3. The Hall–Kier alpha value is -13.3. The summed E-state index contributed by atoms with van der Waals surface area (Å²) in [5, 5.41) is 78.3. The second-order valence-electron chi connectivity index (χ2n) is 36.4. The molecule has 0 spiro atoms. The van der Waals surface area contributed by atoms with Crippen molar-refractivity contribution in [3.8, 4) is 0 Å². The number of rotatable bonds is 56. The number of unbranched alkanes of at least 4 members (excludes halogenated alkanes) is 1. The van der Waals surface area contributed by atoms with Gasteiger partial charge in [-0.25, -0.2) is 0 Å². The number of aliphatic hydroxyl groups excluding tert-OH is 3. The fourth-order valence-corrected chi connectivity index (χ4v) is 17.1. The lowest BCUT2D eigenvalue weighted by Crippen LogP contribution is -2.61. The number of aromatic nitrogens is 1. The molecule has 3 aromatic rings. The number of nitrogens with one attached hydrogen (secondary N) is 16. The van der Waals surface area contributed by atoms with Gasteiger partial charge in [-0.15, -0.1) is 0 Å². The first-order valence-corrected chi connectivity index (χ1v) is 47.5. The number of H-pyrrole nitrogens is 1. The number of aromatic amines is 1. The molecule has 48 nitrogen and oxygen atoms in total. The number of carboxylic acids is 1. The van der Waals surface area contributed by atoms with Crippen molar-refractivity contribution in [2.75, 3.05) is 79.2 Å². The number of fused-ring (bicyclic) bond motifs is 1. The molecule has 26 N–H and O–H groups in total. The van der Waals surface area contributed by atoms with Crippen molar-refractivity contribution in [3.63, 3.8) is 0 Å². The highest BCUT2D eigenvalue weighted by atomic mass is 16.4. The van der Waals surface area contributed by atoms with Gasteiger partial charge in [0.05, 0.1) is 51.9 Å². The molecular weight excluding hydrogens is 1830 g/mol. The SMILES string of the molecule is CCC(C)C(NC(=O)C(Cc1ccccc1)NC(=O)C(CC(C)C)NC)C(=O)NC(CCC(=O)O)C(=O)NC(Cc1c[nH]c2ccccc12)C(=O)NC(CC(C)C)C(=O)NC(CCCCN)C(=O)NC(CC(N)=O)C(=O)NCC(=O)NCC(=O)N1CCCC1C(=O)NC(CO)C(=O)NC(CO)C(=O)NCC(=O)NC(C)C(=O)N1CCCC1C(=O)N1CCCC1C(=O)N1CCCC1C(=O)NC(CO)C(N)=O. The summed E-state index contributed by atoms with van der Waals surface area (Å²) in [4.78, 5) is 297. The van der Waals surface area contributed by atoms with Crippen LogP contribution in [0.3, 0.4) is 0 Å². The lowest BCUT2D eigenvalue weighted by Gasteiger charge is -2.34. The van der Waals surface area contributed by atoms with E-state index < -0.39 is 285 Å². The number of aliphatic carboxylic acids is 1. The summed E-state index contributed by atoms with van der Waals surface area (Å²) in [6, 6.07) is -6.10. The number of para-hydroxylation sites is 1. The van der Waals surface area contributed by atoms with Crippen LogP contribution < -0.4 is 97.0 Å². The highest BCUT2D eigenvalue weighted by Gasteiger charge is 2.48. The highest BCUT2D eigenvalue weighted by molar-refractivity contribution is 6.03. The number of benzene rings is 2. The van der Waals surface area contributed by atoms with Crippen molar-refractivity contribution in [1.29, 1.82) is 0 Å². The van der Waals surface area contributed by atoms with E-state index in [-0.39, 0.29) is 109 Å². The molecule has 0 radical (unpaired) electrons. The second kappa shape index (κ2) is 56.0. The number of primary amides is 2. The number of aliphatic hydroxyl groups is 3. The molecule has 1 aromatic heterocycles. The van der Waals surface area contributed by atoms with E-state index in [4.69, 9.17) is 17.2 Å². The van der Waals surface area contributed by atoms with Gasteiger partial charge in [-0.2, -0.15) is 0 Å². The van der Waals surface area contributed by atoms with E-state index in [2.05, 4.69) is 84.7 Å². The summed E-state index contributed by atoms with van der Waals surface area (Å²) < 4.78 is 0. The van der Waals surface area contributed by atoms with Crippen LogP contribution in [0, 0.1) is 17.8 Å². The number of carboxylic acid groups (broad SMARTS) is 1. The van der Waals surface area contributed by atoms with E-state index in [1.165, 1.54) is 21.6 Å². The molecule has 17 unspecified atom stereocenters. The Labute approximate surface area is 810 Å². The van der Waals surface area contributed by atoms with Crippen molar-refractivity contribution in [1.82, 2.24) is 104 Å². The number of likely N-dealkylation sites (N-methyl/N-ethyl adjacent to an activating group) is 1. The summed E-state index contributed by atoms with van der Waals surface area (Å²) in [7, 11) is 1.62. The number of carbonyl (C=O) groups excluding carboxylic acids is 20. The van der Waals surface area contributed by atoms with Crippen molar-refractivity contribution < 1.29 is 121 Å². The number of nitrogens with zero attached hydrogens (tertiary/aromatic N) is 4. The van der Waals surface area contributed by atoms with Crippen LogP contribution in [-0.4, -0.2) is 345 Å². The van der Waals surface area contributed by atoms with E-state index >= 15 is 4.79 Å². The van der Waals surface area contributed by atoms with Gasteiger partial charge in [0.15, 0.2) is 0 Å². The first-order valence-electron chi connectivity index (χ1n) is 47.5. The maximum atomic E-state index is 15.1. The zero-order chi connectivity index (χ0) is 103. The Morgan fingerprint density at radius 3 is 1.46 bits per heavy atom. The minimum atomic E-state index is -1.82. The van der Waals surface area contributed by atoms with E-state index in [9.17, 15) is 116 Å². The standard InChI is InChI=1S/C92H139N23O25/c1-9-51(6)76(111-85(133)61(39-53-21-11-10-12-22-53)105-82(130)59(96-8)37-49(2)3)89(137)103-58(30-31-75(123)124)81(129)106-62(40-54-42-97-56-24-14-13-23-55(54)56)84(132)104-60(38-50(4)5)83(131)102-57(25-15-16-32-93)80(128)107-63(41-71(94)119)78(126)99-43-72(120)98-45-74(122)112-33-17-26-67(112)87(135)110-66(48-118)86(134)109-65(47-117)79(127)100-44-73(121)101-52(7)90(138)114-35-19-28-69(114)92(140)115-36-20-29-70(115)91(139)113-34-18-27-68(113)88(136)108-64(46-116)77(95)125/h10-14,21-24,42,49-52,57-70,76,96-97,116-118H,9,15-20,25-41,43-48,93H2,1-8H3,(H2,94,119)(H2,95,125)(H,98,120)(H,99,126)(H,100,127)(H,101,121)(H,102,131)(H,103,137)(H,104,132)(H,105,130)(H,106,129)(H,107,128)(H,108,136)(H,109,134)(H,110,135)(H,111,133)(H,123,124). The van der Waals surface area contributed by atoms with Crippen LogP contribution in [-0.2, 0) is 114 Å². The molecule has 772 valence electrons. The number of likely N-dealkylation sites (tertiary alicyclic amines) is 4. The third-order valence-corrected chi connectivity index (χ3v) is 24.9. The van der Waals surface area contributed by atoms with E-state index in [1.54, 1.807) is 95.5 Å². The first kappa shape index (κ1) is 114. The van der Waals surface area contributed by atoms with Gasteiger partial charge in [0.1, 0.15) is 90.6 Å². The summed E-state index contributed by atoms with van der Waals surface area (Å²) in [6.45, 7) is 7.22. The molecule has 4 saturated heterocycles. The molecule has 140 heavy (non-hydrogen) atoms. The topological polar surface area (TPSA) is 727 Å². The molecule has 0 bridgehead atoms. The largest absolute Gasteiger partial charge is 0.481 e. The van der Waals surface area contributed by atoms with Gasteiger partial charge < -0.3 is 142 Å². The molecule has 48 heteroatoms. The molecule has 0 aliphatic carbocycles. The highest BCUT2D eigenvalue weighted by Crippen LogP contribution is 2.30. The minimum absolute atomic E-state index is 0.0138. The molecule has 4 fully saturated rings. The van der Waals surface area contributed by atoms with Crippen LogP contribution in [0.5, 0.6) is 0 Å². The third kappa shape index (κ3) is 33.7. The van der Waals surface area contributed by atoms with Crippen molar-refractivity contribution in [2.45, 2.75) is 267 Å². The van der Waals surface area contributed by atoms with Gasteiger partial charge in [0.2, 0.25) is 118 Å². The number of carbonyl (C=O) groups is 21. The lowest BCUT2D eigenvalue weighted by atomic mass is 9.96. The second-order valence-corrected chi connectivity index (χ2v) is 36.4. The van der Waals surface area contributed by atoms with Crippen LogP contribution in [0.25, 0.3) is 10.9 Å². The average Bonchev–Trinajstić information content (AvgIpc) is 1.64. The first-order chi connectivity index (χ1) is 66.6. The third-order valence-electron chi connectivity index (χ3n) is 24.9. The van der Waals surface area contributed by atoms with Gasteiger partial charge in [-0.05, 0) is 145 Å².